The largest absolute Gasteiger partial charge is 0.328 e. The van der Waals surface area contributed by atoms with E-state index in [1.165, 1.54) is 57.8 Å². The van der Waals surface area contributed by atoms with E-state index in [9.17, 15) is 0 Å². The minimum Gasteiger partial charge on any atom is -0.328 e. The van der Waals surface area contributed by atoms with Gasteiger partial charge in [-0.3, -0.25) is 0 Å². The quantitative estimate of drug-likeness (QED) is 0.733. The molecule has 0 saturated heterocycles. The Balaban J connectivity index is 1.76. The highest BCUT2D eigenvalue weighted by molar-refractivity contribution is 5.02. The van der Waals surface area contributed by atoms with Gasteiger partial charge in [-0.2, -0.15) is 0 Å². The second-order valence-electron chi connectivity index (χ2n) is 5.73. The van der Waals surface area contributed by atoms with Crippen LogP contribution in [0.15, 0.2) is 0 Å². The van der Waals surface area contributed by atoms with Crippen molar-refractivity contribution < 1.29 is 0 Å². The van der Waals surface area contributed by atoms with Gasteiger partial charge in [-0.05, 0) is 50.4 Å². The second kappa shape index (κ2) is 4.22. The SMILES string of the molecule is CC(N)CCC1CC12CCCCCC2. The molecule has 2 aliphatic carbocycles. The molecule has 0 aromatic heterocycles. The Hall–Kier alpha value is -0.0400. The van der Waals surface area contributed by atoms with Crippen LogP contribution in [0.25, 0.3) is 0 Å². The lowest BCUT2D eigenvalue weighted by molar-refractivity contribution is 0.376. The topological polar surface area (TPSA) is 26.0 Å². The van der Waals surface area contributed by atoms with Crippen molar-refractivity contribution in [1.82, 2.24) is 0 Å². The fourth-order valence-corrected chi connectivity index (χ4v) is 3.35. The predicted molar refractivity (Wildman–Crippen MR) is 61.1 cm³/mol. The van der Waals surface area contributed by atoms with Crippen molar-refractivity contribution in [2.75, 3.05) is 0 Å². The molecule has 0 aromatic carbocycles. The predicted octanol–water partition coefficient (Wildman–Crippen LogP) is 3.47. The lowest BCUT2D eigenvalue weighted by atomic mass is 9.92. The van der Waals surface area contributed by atoms with Crippen LogP contribution in [0.3, 0.4) is 0 Å². The molecule has 0 aromatic rings. The van der Waals surface area contributed by atoms with E-state index in [2.05, 4.69) is 6.92 Å². The van der Waals surface area contributed by atoms with Gasteiger partial charge in [-0.25, -0.2) is 0 Å². The van der Waals surface area contributed by atoms with E-state index in [1.54, 1.807) is 0 Å². The first-order valence-corrected chi connectivity index (χ1v) is 6.48. The maximum absolute atomic E-state index is 5.82. The molecule has 2 atom stereocenters. The smallest absolute Gasteiger partial charge is 0.00105 e. The molecule has 0 radical (unpaired) electrons. The number of nitrogens with two attached hydrogens (primary N) is 1. The highest BCUT2D eigenvalue weighted by atomic mass is 14.6. The van der Waals surface area contributed by atoms with Gasteiger partial charge in [0.2, 0.25) is 0 Å². The van der Waals surface area contributed by atoms with Crippen LogP contribution in [0.1, 0.15) is 64.7 Å². The standard InChI is InChI=1S/C13H25N/c1-11(14)6-7-12-10-13(12)8-4-2-3-5-9-13/h11-12H,2-10,14H2,1H3. The van der Waals surface area contributed by atoms with E-state index >= 15 is 0 Å². The van der Waals surface area contributed by atoms with E-state index in [0.29, 0.717) is 6.04 Å². The Morgan fingerprint density at radius 2 is 1.86 bits per heavy atom. The Kier molecular flexibility index (Phi) is 3.16. The van der Waals surface area contributed by atoms with Gasteiger partial charge in [-0.15, -0.1) is 0 Å². The molecule has 14 heavy (non-hydrogen) atoms. The highest BCUT2D eigenvalue weighted by Crippen LogP contribution is 2.62. The van der Waals surface area contributed by atoms with E-state index in [1.807, 2.05) is 0 Å². The summed E-state index contributed by atoms with van der Waals surface area (Å²) in [6.07, 6.45) is 13.2. The molecule has 1 nitrogen and oxygen atoms in total. The van der Waals surface area contributed by atoms with Crippen molar-refractivity contribution in [2.24, 2.45) is 17.1 Å². The molecule has 2 N–H and O–H groups in total. The van der Waals surface area contributed by atoms with Crippen molar-refractivity contribution in [3.05, 3.63) is 0 Å². The minimum atomic E-state index is 0.415. The summed E-state index contributed by atoms with van der Waals surface area (Å²) in [6.45, 7) is 2.14. The highest BCUT2D eigenvalue weighted by Gasteiger charge is 2.51. The third-order valence-electron chi connectivity index (χ3n) is 4.43. The molecule has 1 spiro atoms. The van der Waals surface area contributed by atoms with Crippen LogP contribution >= 0.6 is 0 Å². The van der Waals surface area contributed by atoms with Crippen LogP contribution in [-0.4, -0.2) is 6.04 Å². The van der Waals surface area contributed by atoms with Crippen molar-refractivity contribution in [3.63, 3.8) is 0 Å². The summed E-state index contributed by atoms with van der Waals surface area (Å²) in [5.74, 6) is 1.05. The summed E-state index contributed by atoms with van der Waals surface area (Å²) < 4.78 is 0. The summed E-state index contributed by atoms with van der Waals surface area (Å²) in [4.78, 5) is 0. The monoisotopic (exact) mass is 195 g/mol. The lowest BCUT2D eigenvalue weighted by Crippen LogP contribution is -2.15. The average Bonchev–Trinajstić information content (AvgIpc) is 2.88. The molecular weight excluding hydrogens is 170 g/mol. The Labute approximate surface area is 88.4 Å². The summed E-state index contributed by atoms with van der Waals surface area (Å²) in [7, 11) is 0. The maximum Gasteiger partial charge on any atom is 0.00105 e. The van der Waals surface area contributed by atoms with Crippen LogP contribution in [0.5, 0.6) is 0 Å². The molecule has 2 saturated carbocycles. The van der Waals surface area contributed by atoms with Crippen molar-refractivity contribution in [3.8, 4) is 0 Å². The van der Waals surface area contributed by atoms with Gasteiger partial charge in [0.15, 0.2) is 0 Å². The fraction of sp³-hybridized carbons (Fsp3) is 1.00. The minimum absolute atomic E-state index is 0.415. The fourth-order valence-electron chi connectivity index (χ4n) is 3.35. The van der Waals surface area contributed by atoms with Gasteiger partial charge >= 0.3 is 0 Å². The van der Waals surface area contributed by atoms with Crippen molar-refractivity contribution >= 4 is 0 Å². The Bertz CT molecular complexity index is 178. The zero-order valence-electron chi connectivity index (χ0n) is 9.60. The summed E-state index contributed by atoms with van der Waals surface area (Å²) >= 11 is 0. The maximum atomic E-state index is 5.82. The van der Waals surface area contributed by atoms with Gasteiger partial charge in [-0.1, -0.05) is 25.7 Å². The van der Waals surface area contributed by atoms with Gasteiger partial charge < -0.3 is 5.73 Å². The first-order valence-electron chi connectivity index (χ1n) is 6.48. The van der Waals surface area contributed by atoms with Crippen LogP contribution in [0.2, 0.25) is 0 Å². The zero-order chi connectivity index (χ0) is 10.0. The molecule has 2 unspecified atom stereocenters. The summed E-state index contributed by atoms with van der Waals surface area (Å²) in [5.41, 5.74) is 6.63. The molecule has 2 rings (SSSR count). The molecule has 82 valence electrons. The van der Waals surface area contributed by atoms with Gasteiger partial charge in [0.25, 0.3) is 0 Å². The molecule has 2 fully saturated rings. The average molecular weight is 195 g/mol. The number of rotatable bonds is 3. The number of hydrogen-bond acceptors (Lipinski definition) is 1. The third-order valence-corrected chi connectivity index (χ3v) is 4.43. The van der Waals surface area contributed by atoms with Crippen LogP contribution in [0.4, 0.5) is 0 Å². The third kappa shape index (κ3) is 2.31. The van der Waals surface area contributed by atoms with E-state index in [4.69, 9.17) is 5.73 Å². The number of hydrogen-bond donors (Lipinski definition) is 1. The molecule has 0 aliphatic heterocycles. The lowest BCUT2D eigenvalue weighted by Gasteiger charge is -2.14. The molecule has 0 bridgehead atoms. The molecule has 0 amide bonds. The zero-order valence-corrected chi connectivity index (χ0v) is 9.60. The van der Waals surface area contributed by atoms with E-state index < -0.39 is 0 Å². The van der Waals surface area contributed by atoms with Crippen LogP contribution in [0, 0.1) is 11.3 Å². The van der Waals surface area contributed by atoms with Gasteiger partial charge in [0.05, 0.1) is 0 Å². The van der Waals surface area contributed by atoms with Gasteiger partial charge in [0, 0.05) is 6.04 Å². The first-order chi connectivity index (χ1) is 6.73. The summed E-state index contributed by atoms with van der Waals surface area (Å²) in [6, 6.07) is 0.415. The van der Waals surface area contributed by atoms with Crippen LogP contribution < -0.4 is 5.73 Å². The van der Waals surface area contributed by atoms with E-state index in [0.717, 1.165) is 11.3 Å². The van der Waals surface area contributed by atoms with Crippen molar-refractivity contribution in [2.45, 2.75) is 70.8 Å². The molecule has 2 aliphatic rings. The second-order valence-corrected chi connectivity index (χ2v) is 5.73. The molecule has 1 heteroatoms. The van der Waals surface area contributed by atoms with Crippen LogP contribution in [-0.2, 0) is 0 Å². The Morgan fingerprint density at radius 1 is 1.21 bits per heavy atom. The Morgan fingerprint density at radius 3 is 2.43 bits per heavy atom. The van der Waals surface area contributed by atoms with E-state index in [-0.39, 0.29) is 0 Å². The first kappa shape index (κ1) is 10.5. The van der Waals surface area contributed by atoms with Gasteiger partial charge in [0.1, 0.15) is 0 Å². The molecular formula is C13H25N. The molecule has 0 heterocycles. The summed E-state index contributed by atoms with van der Waals surface area (Å²) in [5, 5.41) is 0. The normalized spacial score (nSPS) is 32.6. The van der Waals surface area contributed by atoms with Crippen molar-refractivity contribution in [1.29, 1.82) is 0 Å².